The first-order chi connectivity index (χ1) is 31.8. The van der Waals surface area contributed by atoms with Gasteiger partial charge in [-0.2, -0.15) is 0 Å². The van der Waals surface area contributed by atoms with Gasteiger partial charge in [-0.05, 0) is 88.3 Å². The molecule has 0 saturated carbocycles. The molecule has 0 aromatic heterocycles. The highest BCUT2D eigenvalue weighted by molar-refractivity contribution is 7.31. The fourth-order valence-corrected chi connectivity index (χ4v) is 17.4. The molecule has 296 valence electrons. The van der Waals surface area contributed by atoms with Crippen molar-refractivity contribution in [3.8, 4) is 56.0 Å². The van der Waals surface area contributed by atoms with Gasteiger partial charge in [-0.1, -0.05) is 252 Å². The Morgan fingerprint density at radius 1 is 0.281 bits per heavy atom. The van der Waals surface area contributed by atoms with Crippen LogP contribution in [0.5, 0.6) is 11.5 Å². The van der Waals surface area contributed by atoms with Crippen LogP contribution in [0.4, 0.5) is 0 Å². The maximum Gasteiger partial charge on any atom is 0.251 e. The average Bonchev–Trinajstić information content (AvgIpc) is 3.38. The molecule has 0 N–H and O–H groups in total. The molecular weight excluding hydrogens is 786 g/mol. The van der Waals surface area contributed by atoms with E-state index in [1.165, 1.54) is 98.0 Å². The highest BCUT2D eigenvalue weighted by Crippen LogP contribution is 2.31. The van der Waals surface area contributed by atoms with E-state index in [9.17, 15) is 0 Å². The molecule has 0 bridgehead atoms. The molecule has 64 heavy (non-hydrogen) atoms. The summed E-state index contributed by atoms with van der Waals surface area (Å²) in [5, 5.41) is 5.75. The van der Waals surface area contributed by atoms with E-state index in [2.05, 4.69) is 243 Å². The van der Waals surface area contributed by atoms with Gasteiger partial charge in [0, 0.05) is 0 Å². The summed E-state index contributed by atoms with van der Waals surface area (Å²) >= 11 is 0. The van der Waals surface area contributed by atoms with Gasteiger partial charge < -0.3 is 4.74 Å². The summed E-state index contributed by atoms with van der Waals surface area (Å²) in [6.45, 7) is -0.0149. The van der Waals surface area contributed by atoms with Crippen molar-refractivity contribution < 1.29 is 4.74 Å². The molecule has 13 rings (SSSR count). The third kappa shape index (κ3) is 5.52. The lowest BCUT2D eigenvalue weighted by Crippen LogP contribution is -2.93. The third-order valence-corrected chi connectivity index (χ3v) is 19.1. The van der Waals surface area contributed by atoms with Crippen molar-refractivity contribution in [2.24, 2.45) is 0 Å². The van der Waals surface area contributed by atoms with Crippen LogP contribution in [0.15, 0.2) is 243 Å². The highest BCUT2D eigenvalue weighted by Gasteiger charge is 2.57. The summed E-state index contributed by atoms with van der Waals surface area (Å²) in [6, 6.07) is 90.9. The monoisotopic (exact) mass is 826 g/mol. The van der Waals surface area contributed by atoms with Crippen LogP contribution < -0.4 is 58.3 Å². The first-order valence-electron chi connectivity index (χ1n) is 22.4. The molecule has 10 aromatic rings. The highest BCUT2D eigenvalue weighted by atomic mass is 28.3. The first-order valence-corrected chi connectivity index (χ1v) is 24.4. The molecule has 0 radical (unpaired) electrons. The number of benzene rings is 10. The minimum absolute atomic E-state index is 0.00331. The zero-order valence-electron chi connectivity index (χ0n) is 35.2. The summed E-state index contributed by atoms with van der Waals surface area (Å²) in [6.07, 6.45) is 0. The Morgan fingerprint density at radius 3 is 1.36 bits per heavy atom. The van der Waals surface area contributed by atoms with Gasteiger partial charge in [0.05, 0.1) is 0 Å². The summed E-state index contributed by atoms with van der Waals surface area (Å²) in [7, 11) is -3.25. The number of ether oxygens (including phenoxy) is 1. The van der Waals surface area contributed by atoms with Crippen LogP contribution in [-0.4, -0.2) is 21.5 Å². The number of para-hydroxylation sites is 1. The minimum Gasteiger partial charge on any atom is -0.458 e. The van der Waals surface area contributed by atoms with Crippen molar-refractivity contribution in [1.29, 1.82) is 0 Å². The van der Waals surface area contributed by atoms with E-state index in [1.807, 2.05) is 0 Å². The molecule has 0 unspecified atom stereocenters. The molecule has 0 aliphatic carbocycles. The van der Waals surface area contributed by atoms with E-state index >= 15 is 0 Å². The number of hydrogen-bond acceptors (Lipinski definition) is 1. The quantitative estimate of drug-likeness (QED) is 0.164. The Kier molecular flexibility index (Phi) is 8.50. The normalized spacial score (nSPS) is 13.5. The molecule has 0 amide bonds. The second-order valence-electron chi connectivity index (χ2n) is 17.4. The van der Waals surface area contributed by atoms with Gasteiger partial charge in [-0.3, -0.25) is 0 Å². The van der Waals surface area contributed by atoms with Crippen LogP contribution in [0.1, 0.15) is 0 Å². The van der Waals surface area contributed by atoms with Gasteiger partial charge in [-0.15, -0.1) is 0 Å². The van der Waals surface area contributed by atoms with Gasteiger partial charge in [-0.25, -0.2) is 0 Å². The summed E-state index contributed by atoms with van der Waals surface area (Å²) in [5.74, 6) is 1.89. The molecule has 0 fully saturated rings. The van der Waals surface area contributed by atoms with E-state index in [0.29, 0.717) is 0 Å². The molecule has 1 nitrogen and oxygen atoms in total. The lowest BCUT2D eigenvalue weighted by molar-refractivity contribution is 0.488. The first kappa shape index (κ1) is 37.0. The summed E-state index contributed by atoms with van der Waals surface area (Å²) in [5.41, 5.74) is 17.9. The fourth-order valence-electron chi connectivity index (χ4n) is 11.5. The van der Waals surface area contributed by atoms with E-state index in [-0.39, 0.29) is 13.4 Å². The zero-order chi connectivity index (χ0) is 42.2. The summed E-state index contributed by atoms with van der Waals surface area (Å²) in [4.78, 5) is 0. The van der Waals surface area contributed by atoms with Crippen molar-refractivity contribution in [1.82, 2.24) is 0 Å². The molecule has 4 heteroatoms. The lowest BCUT2D eigenvalue weighted by atomic mass is 9.34. The van der Waals surface area contributed by atoms with Crippen LogP contribution in [0.3, 0.4) is 0 Å². The topological polar surface area (TPSA) is 9.23 Å². The van der Waals surface area contributed by atoms with Gasteiger partial charge in [0.1, 0.15) is 11.5 Å². The van der Waals surface area contributed by atoms with Crippen LogP contribution in [0.25, 0.3) is 44.5 Å². The molecule has 3 heterocycles. The fraction of sp³-hybridized carbons (Fsp3) is 0. The molecule has 0 saturated heterocycles. The second-order valence-corrected chi connectivity index (χ2v) is 21.1. The SMILES string of the molecule is c1ccc(-c2cccc(B3c4ccc(-c5ccccc5)cc4[Si]4(c5cc(-c6ccccc6)ccc53)c3cccc5c3B(c3ccccc3O5)c3c(-c5ccccc5)cccc34)c2)cc1. The Bertz CT molecular complexity index is 3330. The maximum absolute atomic E-state index is 7.05. The molecule has 3 aliphatic rings. The van der Waals surface area contributed by atoms with E-state index in [0.717, 1.165) is 11.5 Å². The minimum atomic E-state index is -3.25. The molecular formula is C60H40B2OSi. The predicted molar refractivity (Wildman–Crippen MR) is 274 cm³/mol. The van der Waals surface area contributed by atoms with Crippen LogP contribution >= 0.6 is 0 Å². The van der Waals surface area contributed by atoms with Crippen LogP contribution in [-0.2, 0) is 0 Å². The predicted octanol–water partition coefficient (Wildman–Crippen LogP) is 7.50. The van der Waals surface area contributed by atoms with Crippen molar-refractivity contribution >= 4 is 75.0 Å². The van der Waals surface area contributed by atoms with Crippen molar-refractivity contribution in [2.45, 2.75) is 0 Å². The van der Waals surface area contributed by atoms with Gasteiger partial charge in [0.2, 0.25) is 6.71 Å². The summed E-state index contributed by atoms with van der Waals surface area (Å²) < 4.78 is 7.05. The van der Waals surface area contributed by atoms with Crippen molar-refractivity contribution in [2.75, 3.05) is 0 Å². The van der Waals surface area contributed by atoms with Gasteiger partial charge in [0.25, 0.3) is 6.71 Å². The maximum atomic E-state index is 7.05. The lowest BCUT2D eigenvalue weighted by Gasteiger charge is -2.49. The molecule has 10 aromatic carbocycles. The van der Waals surface area contributed by atoms with Crippen molar-refractivity contribution in [3.63, 3.8) is 0 Å². The smallest absolute Gasteiger partial charge is 0.251 e. The Labute approximate surface area is 376 Å². The Morgan fingerprint density at radius 2 is 0.750 bits per heavy atom. The average molecular weight is 827 g/mol. The standard InChI is InChI=1S/C60H40B2OSi/c1-5-18-41(19-6-1)45-26-15-27-48(38-45)61-51-36-34-46(42-20-7-2-8-21-42)39-57(51)64(58-40-47(35-37-52(58)61)43-22-9-3-10-23-43)55-32-16-28-49(44-24-11-4-12-25-44)59(55)62-50-29-13-14-30-53(50)63-54-31-17-33-56(64)60(54)62/h1-40H. The number of fused-ring (bicyclic) bond motifs is 10. The van der Waals surface area contributed by atoms with Crippen LogP contribution in [0.2, 0.25) is 0 Å². The number of rotatable bonds is 5. The molecule has 0 atom stereocenters. The third-order valence-electron chi connectivity index (χ3n) is 14.2. The Hall–Kier alpha value is -7.65. The number of hydrogen-bond donors (Lipinski definition) is 0. The van der Waals surface area contributed by atoms with E-state index in [1.54, 1.807) is 0 Å². The zero-order valence-corrected chi connectivity index (χ0v) is 36.2. The second kappa shape index (κ2) is 14.7. The molecule has 1 spiro atoms. The van der Waals surface area contributed by atoms with Crippen molar-refractivity contribution in [3.05, 3.63) is 243 Å². The van der Waals surface area contributed by atoms with E-state index < -0.39 is 8.07 Å². The van der Waals surface area contributed by atoms with Crippen LogP contribution in [0, 0.1) is 0 Å². The van der Waals surface area contributed by atoms with Gasteiger partial charge in [0.15, 0.2) is 8.07 Å². The largest absolute Gasteiger partial charge is 0.458 e. The van der Waals surface area contributed by atoms with Gasteiger partial charge >= 0.3 is 0 Å². The Balaban J connectivity index is 1.21. The van der Waals surface area contributed by atoms with E-state index in [4.69, 9.17) is 4.74 Å². The molecule has 3 aliphatic heterocycles.